The van der Waals surface area contributed by atoms with Gasteiger partial charge in [0, 0.05) is 23.1 Å². The molecule has 8 heteroatoms. The summed E-state index contributed by atoms with van der Waals surface area (Å²) in [5, 5.41) is 11.2. The SMILES string of the molecule is N#CCNC(=O)C1CCCCC1CS(=O)(=O)c1ccc(SCCN)cc1. The minimum Gasteiger partial charge on any atom is -0.343 e. The van der Waals surface area contributed by atoms with E-state index in [0.29, 0.717) is 19.4 Å². The lowest BCUT2D eigenvalue weighted by Gasteiger charge is -2.30. The highest BCUT2D eigenvalue weighted by atomic mass is 32.2. The van der Waals surface area contributed by atoms with E-state index in [0.717, 1.165) is 23.5 Å². The quantitative estimate of drug-likeness (QED) is 0.514. The van der Waals surface area contributed by atoms with Gasteiger partial charge in [-0.2, -0.15) is 5.26 Å². The number of benzene rings is 1. The molecule has 0 heterocycles. The Bertz CT molecular complexity index is 742. The van der Waals surface area contributed by atoms with Crippen LogP contribution in [0, 0.1) is 23.2 Å². The number of amides is 1. The number of nitrogens with one attached hydrogen (secondary N) is 1. The van der Waals surface area contributed by atoms with E-state index in [2.05, 4.69) is 5.32 Å². The van der Waals surface area contributed by atoms with Crippen LogP contribution in [-0.4, -0.2) is 38.9 Å². The smallest absolute Gasteiger partial charge is 0.224 e. The van der Waals surface area contributed by atoms with Crippen molar-refractivity contribution in [1.29, 1.82) is 5.26 Å². The summed E-state index contributed by atoms with van der Waals surface area (Å²) in [4.78, 5) is 13.5. The summed E-state index contributed by atoms with van der Waals surface area (Å²) in [6.45, 7) is 0.526. The summed E-state index contributed by atoms with van der Waals surface area (Å²) in [5.41, 5.74) is 5.48. The van der Waals surface area contributed by atoms with Gasteiger partial charge < -0.3 is 11.1 Å². The highest BCUT2D eigenvalue weighted by Gasteiger charge is 2.34. The largest absolute Gasteiger partial charge is 0.343 e. The zero-order valence-corrected chi connectivity index (χ0v) is 16.3. The molecule has 0 bridgehead atoms. The maximum atomic E-state index is 12.8. The second-order valence-corrected chi connectivity index (χ2v) is 9.62. The number of hydrogen-bond donors (Lipinski definition) is 2. The van der Waals surface area contributed by atoms with Crippen LogP contribution in [0.4, 0.5) is 0 Å². The Labute approximate surface area is 159 Å². The first kappa shape index (κ1) is 20.7. The van der Waals surface area contributed by atoms with Gasteiger partial charge in [0.15, 0.2) is 9.84 Å². The summed E-state index contributed by atoms with van der Waals surface area (Å²) >= 11 is 1.59. The van der Waals surface area contributed by atoms with E-state index in [9.17, 15) is 13.2 Å². The molecule has 1 amide bonds. The third-order valence-electron chi connectivity index (χ3n) is 4.59. The van der Waals surface area contributed by atoms with Crippen molar-refractivity contribution in [3.05, 3.63) is 24.3 Å². The molecule has 6 nitrogen and oxygen atoms in total. The molecule has 0 spiro atoms. The minimum absolute atomic E-state index is 0.0348. The minimum atomic E-state index is -3.46. The van der Waals surface area contributed by atoms with Crippen molar-refractivity contribution in [2.24, 2.45) is 17.6 Å². The Morgan fingerprint density at radius 3 is 2.62 bits per heavy atom. The first-order valence-corrected chi connectivity index (χ1v) is 11.4. The maximum Gasteiger partial charge on any atom is 0.224 e. The number of rotatable bonds is 8. The van der Waals surface area contributed by atoms with E-state index >= 15 is 0 Å². The fourth-order valence-electron chi connectivity index (χ4n) is 3.31. The topological polar surface area (TPSA) is 113 Å². The van der Waals surface area contributed by atoms with Gasteiger partial charge in [-0.1, -0.05) is 12.8 Å². The van der Waals surface area contributed by atoms with Crippen LogP contribution in [0.5, 0.6) is 0 Å². The second-order valence-electron chi connectivity index (χ2n) is 6.42. The molecule has 0 saturated heterocycles. The number of carbonyl (C=O) groups excluding carboxylic acids is 1. The van der Waals surface area contributed by atoms with Crippen LogP contribution in [0.25, 0.3) is 0 Å². The molecule has 142 valence electrons. The Morgan fingerprint density at radius 2 is 1.96 bits per heavy atom. The van der Waals surface area contributed by atoms with Crippen LogP contribution in [-0.2, 0) is 14.6 Å². The molecule has 1 fully saturated rings. The van der Waals surface area contributed by atoms with Gasteiger partial charge >= 0.3 is 0 Å². The molecule has 2 rings (SSSR count). The zero-order chi connectivity index (χ0) is 19.0. The number of nitrogens with two attached hydrogens (primary N) is 1. The van der Waals surface area contributed by atoms with Crippen LogP contribution in [0.2, 0.25) is 0 Å². The van der Waals surface area contributed by atoms with Gasteiger partial charge in [0.2, 0.25) is 5.91 Å². The molecule has 1 aromatic rings. The van der Waals surface area contributed by atoms with Crippen LogP contribution in [0.3, 0.4) is 0 Å². The lowest BCUT2D eigenvalue weighted by Crippen LogP contribution is -2.39. The van der Waals surface area contributed by atoms with Gasteiger partial charge in [-0.15, -0.1) is 11.8 Å². The third kappa shape index (κ3) is 5.73. The summed E-state index contributed by atoms with van der Waals surface area (Å²) < 4.78 is 25.6. The Kier molecular flexibility index (Phi) is 7.94. The molecule has 2 unspecified atom stereocenters. The molecule has 0 radical (unpaired) electrons. The van der Waals surface area contributed by atoms with Gasteiger partial charge in [-0.3, -0.25) is 4.79 Å². The average Bonchev–Trinajstić information content (AvgIpc) is 2.65. The van der Waals surface area contributed by atoms with E-state index in [-0.39, 0.29) is 34.9 Å². The van der Waals surface area contributed by atoms with Crippen molar-refractivity contribution < 1.29 is 13.2 Å². The van der Waals surface area contributed by atoms with Crippen LogP contribution in [0.1, 0.15) is 25.7 Å². The summed E-state index contributed by atoms with van der Waals surface area (Å²) in [7, 11) is -3.46. The number of sulfone groups is 1. The predicted octanol–water partition coefficient (Wildman–Crippen LogP) is 1.96. The number of nitriles is 1. The van der Waals surface area contributed by atoms with Gasteiger partial charge in [0.25, 0.3) is 0 Å². The zero-order valence-electron chi connectivity index (χ0n) is 14.7. The number of nitrogens with zero attached hydrogens (tertiary/aromatic N) is 1. The summed E-state index contributed by atoms with van der Waals surface area (Å²) in [6.07, 6.45) is 3.23. The van der Waals surface area contributed by atoms with Crippen molar-refractivity contribution in [3.63, 3.8) is 0 Å². The molecule has 26 heavy (non-hydrogen) atoms. The molecule has 1 aliphatic rings. The van der Waals surface area contributed by atoms with Crippen LogP contribution in [0.15, 0.2) is 34.1 Å². The first-order chi connectivity index (χ1) is 12.5. The van der Waals surface area contributed by atoms with Gasteiger partial charge in [-0.05, 0) is 43.0 Å². The van der Waals surface area contributed by atoms with Crippen molar-refractivity contribution in [2.75, 3.05) is 24.6 Å². The fourth-order valence-corrected chi connectivity index (χ4v) is 5.70. The molecule has 0 aromatic heterocycles. The lowest BCUT2D eigenvalue weighted by atomic mass is 9.80. The normalized spacial score (nSPS) is 20.3. The van der Waals surface area contributed by atoms with E-state index in [4.69, 9.17) is 11.0 Å². The highest BCUT2D eigenvalue weighted by molar-refractivity contribution is 7.99. The number of thioether (sulfide) groups is 1. The Balaban J connectivity index is 2.08. The highest BCUT2D eigenvalue weighted by Crippen LogP contribution is 2.33. The van der Waals surface area contributed by atoms with Gasteiger partial charge in [-0.25, -0.2) is 8.42 Å². The van der Waals surface area contributed by atoms with Crippen molar-refractivity contribution in [3.8, 4) is 6.07 Å². The molecule has 3 N–H and O–H groups in total. The molecular formula is C18H25N3O3S2. The van der Waals surface area contributed by atoms with Crippen molar-refractivity contribution in [2.45, 2.75) is 35.5 Å². The lowest BCUT2D eigenvalue weighted by molar-refractivity contribution is -0.127. The summed E-state index contributed by atoms with van der Waals surface area (Å²) in [6, 6.07) is 8.73. The monoisotopic (exact) mass is 395 g/mol. The van der Waals surface area contributed by atoms with E-state index < -0.39 is 9.84 Å². The molecule has 1 aliphatic carbocycles. The summed E-state index contributed by atoms with van der Waals surface area (Å²) in [5.74, 6) is -0.00870. The molecular weight excluding hydrogens is 370 g/mol. The van der Waals surface area contributed by atoms with E-state index in [1.807, 2.05) is 6.07 Å². The second kappa shape index (κ2) is 9.95. The molecule has 1 aromatic carbocycles. The molecule has 0 aliphatic heterocycles. The van der Waals surface area contributed by atoms with Gasteiger partial charge in [0.1, 0.15) is 6.54 Å². The standard InChI is InChI=1S/C18H25N3O3S2/c19-9-11-21-18(22)17-4-2-1-3-14(17)13-26(23,24)16-7-5-15(6-8-16)25-12-10-20/h5-8,14,17H,1-4,10-13,20H2,(H,21,22). The van der Waals surface area contributed by atoms with Crippen molar-refractivity contribution >= 4 is 27.5 Å². The number of hydrogen-bond acceptors (Lipinski definition) is 6. The molecule has 2 atom stereocenters. The van der Waals surface area contributed by atoms with E-state index in [1.165, 1.54) is 0 Å². The fraction of sp³-hybridized carbons (Fsp3) is 0.556. The Morgan fingerprint density at radius 1 is 1.27 bits per heavy atom. The van der Waals surface area contributed by atoms with Crippen LogP contribution < -0.4 is 11.1 Å². The van der Waals surface area contributed by atoms with E-state index in [1.54, 1.807) is 36.0 Å². The predicted molar refractivity (Wildman–Crippen MR) is 102 cm³/mol. The Hall–Kier alpha value is -1.56. The number of carbonyl (C=O) groups is 1. The van der Waals surface area contributed by atoms with Crippen molar-refractivity contribution in [1.82, 2.24) is 5.32 Å². The first-order valence-electron chi connectivity index (χ1n) is 8.78. The van der Waals surface area contributed by atoms with Gasteiger partial charge in [0.05, 0.1) is 16.7 Å². The molecule has 1 saturated carbocycles. The van der Waals surface area contributed by atoms with Crippen LogP contribution >= 0.6 is 11.8 Å². The maximum absolute atomic E-state index is 12.8. The average molecular weight is 396 g/mol. The third-order valence-corrected chi connectivity index (χ3v) is 7.49.